The van der Waals surface area contributed by atoms with Crippen molar-refractivity contribution in [3.8, 4) is 5.75 Å². The van der Waals surface area contributed by atoms with E-state index >= 15 is 0 Å². The molecule has 1 unspecified atom stereocenters. The molecule has 0 heterocycles. The van der Waals surface area contributed by atoms with E-state index in [2.05, 4.69) is 16.0 Å². The summed E-state index contributed by atoms with van der Waals surface area (Å²) in [4.78, 5) is 35.1. The zero-order valence-corrected chi connectivity index (χ0v) is 14.8. The maximum absolute atomic E-state index is 11.9. The van der Waals surface area contributed by atoms with Crippen LogP contribution in [0.4, 0.5) is 0 Å². The molecule has 0 aliphatic heterocycles. The minimum Gasteiger partial charge on any atom is -0.497 e. The van der Waals surface area contributed by atoms with Gasteiger partial charge in [-0.05, 0) is 37.1 Å². The molecular weight excluding hydrogens is 322 g/mol. The molecule has 0 aliphatic rings. The number of nitrogens with one attached hydrogen (secondary N) is 3. The highest BCUT2D eigenvalue weighted by Crippen LogP contribution is 2.12. The van der Waals surface area contributed by atoms with E-state index in [1.165, 1.54) is 6.08 Å². The molecule has 0 saturated carbocycles. The van der Waals surface area contributed by atoms with E-state index in [0.717, 1.165) is 17.7 Å². The first-order valence-electron chi connectivity index (χ1n) is 8.13. The van der Waals surface area contributed by atoms with E-state index in [0.29, 0.717) is 6.54 Å². The second kappa shape index (κ2) is 10.9. The van der Waals surface area contributed by atoms with Gasteiger partial charge in [-0.25, -0.2) is 0 Å². The van der Waals surface area contributed by atoms with Gasteiger partial charge in [0, 0.05) is 12.6 Å². The zero-order valence-electron chi connectivity index (χ0n) is 14.8. The first-order valence-corrected chi connectivity index (χ1v) is 8.13. The van der Waals surface area contributed by atoms with Gasteiger partial charge in [-0.1, -0.05) is 19.1 Å². The van der Waals surface area contributed by atoms with Gasteiger partial charge in [0.25, 0.3) is 0 Å². The van der Waals surface area contributed by atoms with Crippen LogP contribution < -0.4 is 20.7 Å². The third-order valence-electron chi connectivity index (χ3n) is 3.29. The third kappa shape index (κ3) is 8.01. The molecule has 3 amide bonds. The molecule has 7 nitrogen and oxygen atoms in total. The van der Waals surface area contributed by atoms with Gasteiger partial charge in [-0.3, -0.25) is 14.4 Å². The van der Waals surface area contributed by atoms with Crippen molar-refractivity contribution in [3.63, 3.8) is 0 Å². The van der Waals surface area contributed by atoms with Crippen LogP contribution in [-0.4, -0.2) is 44.0 Å². The highest BCUT2D eigenvalue weighted by atomic mass is 16.5. The van der Waals surface area contributed by atoms with Crippen LogP contribution in [0.2, 0.25) is 0 Å². The molecule has 1 aromatic rings. The molecule has 0 fully saturated rings. The van der Waals surface area contributed by atoms with Crippen molar-refractivity contribution in [2.24, 2.45) is 0 Å². The quantitative estimate of drug-likeness (QED) is 0.577. The van der Waals surface area contributed by atoms with Gasteiger partial charge in [0.05, 0.1) is 13.7 Å². The molecule has 1 rings (SSSR count). The van der Waals surface area contributed by atoms with Crippen molar-refractivity contribution in [1.82, 2.24) is 16.0 Å². The van der Waals surface area contributed by atoms with Crippen molar-refractivity contribution >= 4 is 23.8 Å². The van der Waals surface area contributed by atoms with E-state index in [9.17, 15) is 14.4 Å². The van der Waals surface area contributed by atoms with Crippen LogP contribution in [0, 0.1) is 0 Å². The van der Waals surface area contributed by atoms with Crippen LogP contribution >= 0.6 is 0 Å². The van der Waals surface area contributed by atoms with E-state index in [1.54, 1.807) is 32.2 Å². The minimum atomic E-state index is -0.744. The lowest BCUT2D eigenvalue weighted by atomic mass is 10.2. The molecule has 136 valence electrons. The fraction of sp³-hybridized carbons (Fsp3) is 0.389. The average Bonchev–Trinajstić information content (AvgIpc) is 2.62. The van der Waals surface area contributed by atoms with Crippen LogP contribution in [0.15, 0.2) is 30.3 Å². The Balaban J connectivity index is 2.40. The Labute approximate surface area is 147 Å². The summed E-state index contributed by atoms with van der Waals surface area (Å²) in [6.45, 7) is 3.95. The summed E-state index contributed by atoms with van der Waals surface area (Å²) >= 11 is 0. The summed E-state index contributed by atoms with van der Waals surface area (Å²) in [6.07, 6.45) is 3.81. The number of amides is 3. The van der Waals surface area contributed by atoms with Crippen LogP contribution in [0.1, 0.15) is 25.8 Å². The number of rotatable bonds is 9. The smallest absolute Gasteiger partial charge is 0.244 e. The molecule has 1 aromatic carbocycles. The Bertz CT molecular complexity index is 611. The SMILES string of the molecule is CCCNC(=O)CNC(=O)C(C)NC(=O)/C=C/c1ccc(OC)cc1. The van der Waals surface area contributed by atoms with Crippen molar-refractivity contribution in [2.75, 3.05) is 20.2 Å². The van der Waals surface area contributed by atoms with Crippen molar-refractivity contribution in [3.05, 3.63) is 35.9 Å². The summed E-state index contributed by atoms with van der Waals surface area (Å²) in [6, 6.07) is 6.46. The van der Waals surface area contributed by atoms with E-state index < -0.39 is 17.9 Å². The Hall–Kier alpha value is -2.83. The number of ether oxygens (including phenoxy) is 1. The Morgan fingerprint density at radius 2 is 1.84 bits per heavy atom. The molecule has 1 atom stereocenters. The Morgan fingerprint density at radius 3 is 2.44 bits per heavy atom. The summed E-state index contributed by atoms with van der Waals surface area (Å²) in [5.41, 5.74) is 0.834. The molecule has 25 heavy (non-hydrogen) atoms. The van der Waals surface area contributed by atoms with E-state index in [4.69, 9.17) is 4.74 Å². The molecule has 0 aromatic heterocycles. The molecule has 0 aliphatic carbocycles. The highest BCUT2D eigenvalue weighted by molar-refractivity contribution is 5.96. The van der Waals surface area contributed by atoms with E-state index in [1.807, 2.05) is 19.1 Å². The standard InChI is InChI=1S/C18H25N3O4/c1-4-11-19-17(23)12-20-18(24)13(2)21-16(22)10-7-14-5-8-15(25-3)9-6-14/h5-10,13H,4,11-12H2,1-3H3,(H,19,23)(H,20,24)(H,21,22)/b10-7+. The molecule has 7 heteroatoms. The lowest BCUT2D eigenvalue weighted by molar-refractivity contribution is -0.128. The summed E-state index contributed by atoms with van der Waals surface area (Å²) in [5, 5.41) is 7.68. The van der Waals surface area contributed by atoms with Gasteiger partial charge in [0.2, 0.25) is 17.7 Å². The van der Waals surface area contributed by atoms with Gasteiger partial charge in [0.15, 0.2) is 0 Å². The first-order chi connectivity index (χ1) is 12.0. The molecular formula is C18H25N3O4. The summed E-state index contributed by atoms with van der Waals surface area (Å²) < 4.78 is 5.06. The first kappa shape index (κ1) is 20.2. The van der Waals surface area contributed by atoms with Crippen molar-refractivity contribution in [2.45, 2.75) is 26.3 Å². The fourth-order valence-electron chi connectivity index (χ4n) is 1.86. The monoisotopic (exact) mass is 347 g/mol. The number of hydrogen-bond donors (Lipinski definition) is 3. The largest absolute Gasteiger partial charge is 0.497 e. The number of carbonyl (C=O) groups is 3. The highest BCUT2D eigenvalue weighted by Gasteiger charge is 2.14. The number of carbonyl (C=O) groups excluding carboxylic acids is 3. The molecule has 0 radical (unpaired) electrons. The second-order valence-electron chi connectivity index (χ2n) is 5.40. The van der Waals surface area contributed by atoms with Crippen LogP contribution in [0.3, 0.4) is 0 Å². The van der Waals surface area contributed by atoms with Gasteiger partial charge in [-0.15, -0.1) is 0 Å². The minimum absolute atomic E-state index is 0.110. The lowest BCUT2D eigenvalue weighted by Crippen LogP contribution is -2.47. The predicted octanol–water partition coefficient (Wildman–Crippen LogP) is 0.856. The van der Waals surface area contributed by atoms with Crippen LogP contribution in [-0.2, 0) is 14.4 Å². The summed E-state index contributed by atoms with van der Waals surface area (Å²) in [5.74, 6) is -0.338. The predicted molar refractivity (Wildman–Crippen MR) is 95.9 cm³/mol. The normalized spacial score (nSPS) is 11.6. The number of benzene rings is 1. The zero-order chi connectivity index (χ0) is 18.7. The molecule has 0 saturated heterocycles. The van der Waals surface area contributed by atoms with Crippen molar-refractivity contribution < 1.29 is 19.1 Å². The Kier molecular flexibility index (Phi) is 8.78. The molecule has 0 bridgehead atoms. The lowest BCUT2D eigenvalue weighted by Gasteiger charge is -2.12. The maximum atomic E-state index is 11.9. The van der Waals surface area contributed by atoms with Gasteiger partial charge in [-0.2, -0.15) is 0 Å². The topological polar surface area (TPSA) is 96.5 Å². The average molecular weight is 347 g/mol. The maximum Gasteiger partial charge on any atom is 0.244 e. The van der Waals surface area contributed by atoms with Crippen LogP contribution in [0.25, 0.3) is 6.08 Å². The van der Waals surface area contributed by atoms with E-state index in [-0.39, 0.29) is 12.5 Å². The van der Waals surface area contributed by atoms with Crippen molar-refractivity contribution in [1.29, 1.82) is 0 Å². The summed E-state index contributed by atoms with van der Waals surface area (Å²) in [7, 11) is 1.58. The number of methoxy groups -OCH3 is 1. The third-order valence-corrected chi connectivity index (χ3v) is 3.29. The van der Waals surface area contributed by atoms with Gasteiger partial charge < -0.3 is 20.7 Å². The van der Waals surface area contributed by atoms with Gasteiger partial charge >= 0.3 is 0 Å². The van der Waals surface area contributed by atoms with Gasteiger partial charge in [0.1, 0.15) is 11.8 Å². The number of hydrogen-bond acceptors (Lipinski definition) is 4. The van der Waals surface area contributed by atoms with Crippen LogP contribution in [0.5, 0.6) is 5.75 Å². The second-order valence-corrected chi connectivity index (χ2v) is 5.40. The molecule has 3 N–H and O–H groups in total. The fourth-order valence-corrected chi connectivity index (χ4v) is 1.86. The molecule has 0 spiro atoms. The Morgan fingerprint density at radius 1 is 1.16 bits per heavy atom.